The predicted octanol–water partition coefficient (Wildman–Crippen LogP) is 6.77. The van der Waals surface area contributed by atoms with Crippen LogP contribution in [0.5, 0.6) is 5.75 Å². The molecule has 2 aliphatic heterocycles. The van der Waals surface area contributed by atoms with E-state index in [9.17, 15) is 29.1 Å². The van der Waals surface area contributed by atoms with Crippen molar-refractivity contribution in [3.8, 4) is 28.1 Å². The van der Waals surface area contributed by atoms with Gasteiger partial charge >= 0.3 is 5.97 Å². The predicted molar refractivity (Wildman–Crippen MR) is 259 cm³/mol. The molecule has 0 radical (unpaired) electrons. The average Bonchev–Trinajstić information content (AvgIpc) is 3.63. The SMILES string of the molecule is C=CC(=O)Nc1ccc(C(=O)N(C)[C@H](C(=O)N[C@H]2Cc3cc(O)cc(c3)-c3ccc4c(c3)c(c(-c3cccnc3[C@H](C)OC)n4CC)CC(C)(C)COC(=O)[C@@H]3CCCN(N3)C2=O)C(C)C)cn1. The van der Waals surface area contributed by atoms with Crippen LogP contribution in [-0.2, 0) is 48.0 Å². The highest BCUT2D eigenvalue weighted by atomic mass is 16.5. The van der Waals surface area contributed by atoms with Gasteiger partial charge in [0.05, 0.1) is 29.7 Å². The molecule has 0 aliphatic carbocycles. The van der Waals surface area contributed by atoms with Crippen LogP contribution < -0.4 is 16.1 Å². The Morgan fingerprint density at radius 1 is 1.07 bits per heavy atom. The zero-order valence-electron chi connectivity index (χ0n) is 40.1. The number of hydrazine groups is 1. The summed E-state index contributed by atoms with van der Waals surface area (Å²) in [4.78, 5) is 79.1. The average molecular weight is 927 g/mol. The molecule has 5 heterocycles. The number of aromatic hydroxyl groups is 1. The molecule has 358 valence electrons. The number of aromatic nitrogens is 3. The van der Waals surface area contributed by atoms with Gasteiger partial charge in [-0.1, -0.05) is 46.4 Å². The normalized spacial score (nSPS) is 18.3. The van der Waals surface area contributed by atoms with E-state index < -0.39 is 59.1 Å². The van der Waals surface area contributed by atoms with Crippen molar-refractivity contribution in [2.45, 2.75) is 98.0 Å². The zero-order valence-corrected chi connectivity index (χ0v) is 40.1. The van der Waals surface area contributed by atoms with E-state index in [1.54, 1.807) is 39.3 Å². The van der Waals surface area contributed by atoms with Crippen molar-refractivity contribution in [2.75, 3.05) is 32.6 Å². The number of anilines is 1. The number of nitrogens with one attached hydrogen (secondary N) is 3. The second-order valence-corrected chi connectivity index (χ2v) is 18.8. The van der Waals surface area contributed by atoms with E-state index in [0.29, 0.717) is 36.9 Å². The Balaban J connectivity index is 1.30. The third kappa shape index (κ3) is 10.5. The molecule has 6 bridgehead atoms. The summed E-state index contributed by atoms with van der Waals surface area (Å²) in [6, 6.07) is 15.3. The number of phenolic OH excluding ortho intramolecular Hbond substituents is 1. The molecule has 0 spiro atoms. The van der Waals surface area contributed by atoms with Crippen molar-refractivity contribution in [1.29, 1.82) is 0 Å². The summed E-state index contributed by atoms with van der Waals surface area (Å²) >= 11 is 0. The minimum absolute atomic E-state index is 0.0285. The van der Waals surface area contributed by atoms with Gasteiger partial charge in [-0.05, 0) is 116 Å². The first kappa shape index (κ1) is 49.0. The fourth-order valence-corrected chi connectivity index (χ4v) is 9.35. The number of likely N-dealkylation sites (N-methyl/N-ethyl adjacent to an activating group) is 1. The molecule has 5 aromatic rings. The van der Waals surface area contributed by atoms with Crippen LogP contribution in [0.3, 0.4) is 0 Å². The lowest BCUT2D eigenvalue weighted by Gasteiger charge is -2.36. The van der Waals surface area contributed by atoms with Crippen LogP contribution in [0.2, 0.25) is 0 Å². The molecule has 4 atom stereocenters. The summed E-state index contributed by atoms with van der Waals surface area (Å²) in [5, 5.41) is 19.2. The third-order valence-electron chi connectivity index (χ3n) is 12.8. The number of fused-ring (bicyclic) bond motifs is 6. The summed E-state index contributed by atoms with van der Waals surface area (Å²) in [6.07, 6.45) is 5.29. The Labute approximate surface area is 397 Å². The van der Waals surface area contributed by atoms with Gasteiger partial charge in [0.1, 0.15) is 29.7 Å². The number of ether oxygens (including phenoxy) is 2. The fraction of sp³-hybridized carbons (Fsp3) is 0.404. The third-order valence-corrected chi connectivity index (χ3v) is 12.8. The molecular formula is C52H62N8O8. The summed E-state index contributed by atoms with van der Waals surface area (Å²) in [6.45, 7) is 16.2. The van der Waals surface area contributed by atoms with Gasteiger partial charge in [-0.25, -0.2) is 10.4 Å². The monoisotopic (exact) mass is 926 g/mol. The summed E-state index contributed by atoms with van der Waals surface area (Å²) in [7, 11) is 3.17. The highest BCUT2D eigenvalue weighted by molar-refractivity contribution is 6.00. The highest BCUT2D eigenvalue weighted by Gasteiger charge is 2.38. The van der Waals surface area contributed by atoms with Crippen LogP contribution in [0.1, 0.15) is 87.7 Å². The van der Waals surface area contributed by atoms with Gasteiger partial charge in [0.15, 0.2) is 0 Å². The number of phenols is 1. The van der Waals surface area contributed by atoms with Gasteiger partial charge in [0, 0.05) is 67.9 Å². The largest absolute Gasteiger partial charge is 0.508 e. The van der Waals surface area contributed by atoms with Crippen molar-refractivity contribution in [1.82, 2.24) is 35.2 Å². The number of esters is 1. The number of hydrogen-bond donors (Lipinski definition) is 4. The van der Waals surface area contributed by atoms with E-state index in [4.69, 9.17) is 14.5 Å². The summed E-state index contributed by atoms with van der Waals surface area (Å²) < 4.78 is 14.2. The molecule has 0 unspecified atom stereocenters. The summed E-state index contributed by atoms with van der Waals surface area (Å²) in [5.74, 6) is -2.76. The van der Waals surface area contributed by atoms with Crippen LogP contribution in [-0.4, -0.2) is 105 Å². The van der Waals surface area contributed by atoms with Gasteiger partial charge in [0.2, 0.25) is 11.8 Å². The summed E-state index contributed by atoms with van der Waals surface area (Å²) in [5.41, 5.74) is 9.58. The second kappa shape index (κ2) is 20.5. The second-order valence-electron chi connectivity index (χ2n) is 18.8. The van der Waals surface area contributed by atoms with Crippen molar-refractivity contribution < 1.29 is 38.6 Å². The number of cyclic esters (lactones) is 1. The number of nitrogens with zero attached hydrogens (tertiary/aromatic N) is 5. The van der Waals surface area contributed by atoms with E-state index in [1.165, 1.54) is 35.3 Å². The Hall–Kier alpha value is -6.91. The van der Waals surface area contributed by atoms with Crippen LogP contribution in [0.4, 0.5) is 5.82 Å². The minimum Gasteiger partial charge on any atom is -0.508 e. The molecule has 16 heteroatoms. The van der Waals surface area contributed by atoms with Crippen LogP contribution in [0.15, 0.2) is 85.7 Å². The Morgan fingerprint density at radius 3 is 2.54 bits per heavy atom. The Morgan fingerprint density at radius 2 is 1.85 bits per heavy atom. The van der Waals surface area contributed by atoms with Crippen molar-refractivity contribution >= 4 is 46.3 Å². The van der Waals surface area contributed by atoms with Crippen molar-refractivity contribution in [2.24, 2.45) is 11.3 Å². The lowest BCUT2D eigenvalue weighted by molar-refractivity contribution is -0.155. The number of aryl methyl sites for hydroxylation is 1. The number of rotatable bonds is 11. The smallest absolute Gasteiger partial charge is 0.324 e. The maximum atomic E-state index is 14.7. The zero-order chi connectivity index (χ0) is 49.0. The molecule has 68 heavy (non-hydrogen) atoms. The standard InChI is InChI=1S/C52H62N8O8/c1-10-44(62)56-43-19-17-34(28-54-43)49(64)58(8)46(30(3)4)48(63)55-41-24-32-22-35(25-36(61)23-32)33-16-18-42-38(26-33)39(47(59(42)11-2)37-14-12-20-53-45(37)31(5)67-9)27-52(6,7)29-68-51(66)40-15-13-21-60(57-40)50(41)65/h10,12,14,16-20,22-23,25-26,28,30-31,40-41,46,57,61H,1,11,13,15,21,24,27,29H2,2-9H3,(H,55,63)(H,54,56,62)/t31-,40-,41-,46-/m0/s1. The van der Waals surface area contributed by atoms with E-state index >= 15 is 0 Å². The molecule has 7 rings (SSSR count). The van der Waals surface area contributed by atoms with Crippen molar-refractivity contribution in [3.63, 3.8) is 0 Å². The van der Waals surface area contributed by atoms with Gasteiger partial charge in [0.25, 0.3) is 11.8 Å². The van der Waals surface area contributed by atoms with E-state index in [0.717, 1.165) is 45.1 Å². The number of carbonyl (C=O) groups is 5. The number of pyridine rings is 2. The minimum atomic E-state index is -1.20. The van der Waals surface area contributed by atoms with Crippen LogP contribution in [0.25, 0.3) is 33.3 Å². The van der Waals surface area contributed by atoms with E-state index in [1.807, 2.05) is 25.1 Å². The molecule has 1 saturated heterocycles. The lowest BCUT2D eigenvalue weighted by Crippen LogP contribution is -2.62. The van der Waals surface area contributed by atoms with Crippen LogP contribution in [0, 0.1) is 11.3 Å². The molecule has 2 aromatic carbocycles. The number of carbonyl (C=O) groups excluding carboxylic acids is 5. The molecule has 4 amide bonds. The maximum Gasteiger partial charge on any atom is 0.324 e. The number of hydrogen-bond acceptors (Lipinski definition) is 11. The Kier molecular flexibility index (Phi) is 14.8. The molecule has 3 aromatic heterocycles. The quantitative estimate of drug-likeness (QED) is 0.0806. The van der Waals surface area contributed by atoms with Crippen molar-refractivity contribution in [3.05, 3.63) is 108 Å². The highest BCUT2D eigenvalue weighted by Crippen LogP contribution is 2.42. The number of benzene rings is 2. The van der Waals surface area contributed by atoms with Gasteiger partial charge < -0.3 is 34.7 Å². The van der Waals surface area contributed by atoms with Gasteiger partial charge in [-0.3, -0.25) is 34.0 Å². The van der Waals surface area contributed by atoms with Gasteiger partial charge in [-0.15, -0.1) is 0 Å². The number of amides is 4. The first-order chi connectivity index (χ1) is 32.4. The molecule has 0 saturated carbocycles. The van der Waals surface area contributed by atoms with Crippen LogP contribution >= 0.6 is 0 Å². The molecule has 2 aliphatic rings. The first-order valence-electron chi connectivity index (χ1n) is 23.1. The molecule has 1 fully saturated rings. The Bertz CT molecular complexity index is 2730. The maximum absolute atomic E-state index is 14.7. The molecule has 16 nitrogen and oxygen atoms in total. The molecule has 4 N–H and O–H groups in total. The van der Waals surface area contributed by atoms with E-state index in [-0.39, 0.29) is 42.8 Å². The molecular weight excluding hydrogens is 865 g/mol. The van der Waals surface area contributed by atoms with Gasteiger partial charge in [-0.2, -0.15) is 0 Å². The lowest BCUT2D eigenvalue weighted by atomic mass is 9.84. The topological polar surface area (TPSA) is 197 Å². The number of methoxy groups -OCH3 is 1. The fourth-order valence-electron chi connectivity index (χ4n) is 9.35. The van der Waals surface area contributed by atoms with E-state index in [2.05, 4.69) is 71.2 Å². The first-order valence-corrected chi connectivity index (χ1v) is 23.1.